The molecule has 2 N–H and O–H groups in total. The molecule has 1 aromatic carbocycles. The molecule has 0 saturated heterocycles. The van der Waals surface area contributed by atoms with E-state index in [-0.39, 0.29) is 11.9 Å². The third-order valence-corrected chi connectivity index (χ3v) is 5.34. The number of rotatable bonds is 3. The Morgan fingerprint density at radius 1 is 1.26 bits per heavy atom. The van der Waals surface area contributed by atoms with Crippen LogP contribution in [0.25, 0.3) is 0 Å². The lowest BCUT2D eigenvalue weighted by molar-refractivity contribution is 0.621. The van der Waals surface area contributed by atoms with Gasteiger partial charge in [0, 0.05) is 20.3 Å². The van der Waals surface area contributed by atoms with Crippen molar-refractivity contribution in [3.8, 4) is 0 Å². The first kappa shape index (κ1) is 13.3. The molecular weight excluding hydrogens is 325 g/mol. The van der Waals surface area contributed by atoms with Crippen LogP contribution in [0.1, 0.15) is 33.3 Å². The molecule has 1 heterocycles. The van der Waals surface area contributed by atoms with E-state index in [1.54, 1.807) is 6.07 Å². The van der Waals surface area contributed by atoms with Crippen molar-refractivity contribution in [1.29, 1.82) is 0 Å². The zero-order chi connectivity index (χ0) is 13.4. The summed E-state index contributed by atoms with van der Waals surface area (Å²) >= 11 is 5.14. The van der Waals surface area contributed by atoms with Crippen LogP contribution in [0.4, 0.5) is 4.39 Å². The predicted molar refractivity (Wildman–Crippen MR) is 81.1 cm³/mol. The van der Waals surface area contributed by atoms with Crippen LogP contribution < -0.4 is 5.73 Å². The van der Waals surface area contributed by atoms with Gasteiger partial charge in [0.15, 0.2) is 0 Å². The van der Waals surface area contributed by atoms with Gasteiger partial charge in [-0.1, -0.05) is 15.9 Å². The molecule has 3 rings (SSSR count). The SMILES string of the molecule is NC(Cc1cc(F)cc(Br)c1)c1cc2c(s1)CCC2. The van der Waals surface area contributed by atoms with Crippen LogP contribution in [0.5, 0.6) is 0 Å². The van der Waals surface area contributed by atoms with Crippen molar-refractivity contribution < 1.29 is 4.39 Å². The first-order valence-electron chi connectivity index (χ1n) is 6.44. The van der Waals surface area contributed by atoms with E-state index in [4.69, 9.17) is 5.73 Å². The summed E-state index contributed by atoms with van der Waals surface area (Å²) in [6.07, 6.45) is 4.32. The molecule has 1 aromatic heterocycles. The summed E-state index contributed by atoms with van der Waals surface area (Å²) in [5, 5.41) is 0. The largest absolute Gasteiger partial charge is 0.323 e. The lowest BCUT2D eigenvalue weighted by atomic mass is 10.0. The third kappa shape index (κ3) is 2.91. The van der Waals surface area contributed by atoms with Gasteiger partial charge in [0.05, 0.1) is 0 Å². The van der Waals surface area contributed by atoms with E-state index in [2.05, 4.69) is 22.0 Å². The highest BCUT2D eigenvalue weighted by atomic mass is 79.9. The van der Waals surface area contributed by atoms with Crippen molar-refractivity contribution in [2.75, 3.05) is 0 Å². The Balaban J connectivity index is 1.78. The molecule has 0 bridgehead atoms. The van der Waals surface area contributed by atoms with Gasteiger partial charge in [-0.25, -0.2) is 4.39 Å². The zero-order valence-electron chi connectivity index (χ0n) is 10.5. The average molecular weight is 340 g/mol. The smallest absolute Gasteiger partial charge is 0.124 e. The van der Waals surface area contributed by atoms with Gasteiger partial charge in [0.2, 0.25) is 0 Å². The van der Waals surface area contributed by atoms with Gasteiger partial charge in [0.1, 0.15) is 5.82 Å². The Bertz CT molecular complexity index is 566. The molecule has 0 radical (unpaired) electrons. The fraction of sp³-hybridized carbons (Fsp3) is 0.333. The highest BCUT2D eigenvalue weighted by Gasteiger charge is 2.18. The molecule has 0 saturated carbocycles. The number of aryl methyl sites for hydroxylation is 2. The standard InChI is InChI=1S/C15H15BrFNS/c16-11-4-9(5-12(17)8-11)6-13(18)15-7-10-2-1-3-14(10)19-15/h4-5,7-8,13H,1-3,6,18H2. The second kappa shape index (κ2) is 5.35. The summed E-state index contributed by atoms with van der Waals surface area (Å²) < 4.78 is 14.1. The minimum atomic E-state index is -0.217. The van der Waals surface area contributed by atoms with Crippen molar-refractivity contribution in [3.63, 3.8) is 0 Å². The number of fused-ring (bicyclic) bond motifs is 1. The normalized spacial score (nSPS) is 15.5. The Kier molecular flexibility index (Phi) is 3.74. The number of hydrogen-bond donors (Lipinski definition) is 1. The van der Waals surface area contributed by atoms with E-state index in [0.717, 1.165) is 10.0 Å². The summed E-state index contributed by atoms with van der Waals surface area (Å²) in [7, 11) is 0. The number of benzene rings is 1. The second-order valence-corrected chi connectivity index (χ2v) is 7.12. The molecule has 100 valence electrons. The first-order valence-corrected chi connectivity index (χ1v) is 8.05. The second-order valence-electron chi connectivity index (χ2n) is 5.04. The van der Waals surface area contributed by atoms with Gasteiger partial charge in [-0.2, -0.15) is 0 Å². The lowest BCUT2D eigenvalue weighted by Crippen LogP contribution is -2.12. The Labute approximate surface area is 124 Å². The van der Waals surface area contributed by atoms with Gasteiger partial charge >= 0.3 is 0 Å². The van der Waals surface area contributed by atoms with Crippen molar-refractivity contribution in [2.24, 2.45) is 5.73 Å². The molecule has 1 nitrogen and oxygen atoms in total. The summed E-state index contributed by atoms with van der Waals surface area (Å²) in [6, 6.07) is 7.17. The maximum Gasteiger partial charge on any atom is 0.124 e. The number of thiophene rings is 1. The van der Waals surface area contributed by atoms with Crippen LogP contribution in [0.15, 0.2) is 28.7 Å². The van der Waals surface area contributed by atoms with E-state index in [9.17, 15) is 4.39 Å². The molecule has 2 aromatic rings. The van der Waals surface area contributed by atoms with Gasteiger partial charge in [-0.05, 0) is 61.1 Å². The minimum Gasteiger partial charge on any atom is -0.323 e. The van der Waals surface area contributed by atoms with Crippen LogP contribution in [-0.4, -0.2) is 0 Å². The van der Waals surface area contributed by atoms with E-state index in [1.807, 2.05) is 17.4 Å². The third-order valence-electron chi connectivity index (χ3n) is 3.51. The molecule has 4 heteroatoms. The molecule has 0 aliphatic heterocycles. The maximum atomic E-state index is 13.3. The Morgan fingerprint density at radius 3 is 2.84 bits per heavy atom. The van der Waals surface area contributed by atoms with Crippen LogP contribution in [0.2, 0.25) is 0 Å². The first-order chi connectivity index (χ1) is 9.11. The van der Waals surface area contributed by atoms with Crippen LogP contribution in [0.3, 0.4) is 0 Å². The van der Waals surface area contributed by atoms with Gasteiger partial charge in [-0.3, -0.25) is 0 Å². The van der Waals surface area contributed by atoms with Crippen molar-refractivity contribution in [1.82, 2.24) is 0 Å². The molecular formula is C15H15BrFNS. The zero-order valence-corrected chi connectivity index (χ0v) is 12.9. The van der Waals surface area contributed by atoms with Gasteiger partial charge in [0.25, 0.3) is 0 Å². The van der Waals surface area contributed by atoms with Crippen molar-refractivity contribution >= 4 is 27.3 Å². The molecule has 1 unspecified atom stereocenters. The van der Waals surface area contributed by atoms with Crippen LogP contribution >= 0.6 is 27.3 Å². The van der Waals surface area contributed by atoms with Crippen LogP contribution in [-0.2, 0) is 19.3 Å². The highest BCUT2D eigenvalue weighted by molar-refractivity contribution is 9.10. The fourth-order valence-electron chi connectivity index (χ4n) is 2.62. The molecule has 1 aliphatic rings. The number of nitrogens with two attached hydrogens (primary N) is 1. The van der Waals surface area contributed by atoms with Crippen LogP contribution in [0, 0.1) is 5.82 Å². The predicted octanol–water partition coefficient (Wildman–Crippen LogP) is 4.38. The van der Waals surface area contributed by atoms with Gasteiger partial charge < -0.3 is 5.73 Å². The maximum absolute atomic E-state index is 13.3. The average Bonchev–Trinajstić information content (AvgIpc) is 2.86. The molecule has 19 heavy (non-hydrogen) atoms. The van der Waals surface area contributed by atoms with E-state index in [0.29, 0.717) is 6.42 Å². The monoisotopic (exact) mass is 339 g/mol. The van der Waals surface area contributed by atoms with E-state index in [1.165, 1.54) is 40.6 Å². The van der Waals surface area contributed by atoms with Crippen molar-refractivity contribution in [3.05, 3.63) is 55.4 Å². The molecule has 1 aliphatic carbocycles. The number of hydrogen-bond acceptors (Lipinski definition) is 2. The van der Waals surface area contributed by atoms with Crippen molar-refractivity contribution in [2.45, 2.75) is 31.7 Å². The molecule has 0 spiro atoms. The summed E-state index contributed by atoms with van der Waals surface area (Å²) in [6.45, 7) is 0. The van der Waals surface area contributed by atoms with Gasteiger partial charge in [-0.15, -0.1) is 11.3 Å². The quantitative estimate of drug-likeness (QED) is 0.882. The minimum absolute atomic E-state index is 0.0377. The summed E-state index contributed by atoms with van der Waals surface area (Å²) in [5.41, 5.74) is 8.67. The molecule has 1 atom stereocenters. The fourth-order valence-corrected chi connectivity index (χ4v) is 4.39. The molecule has 0 amide bonds. The summed E-state index contributed by atoms with van der Waals surface area (Å²) in [5.74, 6) is -0.217. The lowest BCUT2D eigenvalue weighted by Gasteiger charge is -2.10. The highest BCUT2D eigenvalue weighted by Crippen LogP contribution is 2.34. The summed E-state index contributed by atoms with van der Waals surface area (Å²) in [4.78, 5) is 2.72. The number of halogens is 2. The Hall–Kier alpha value is -0.710. The topological polar surface area (TPSA) is 26.0 Å². The van der Waals surface area contributed by atoms with E-state index >= 15 is 0 Å². The van der Waals surface area contributed by atoms with E-state index < -0.39 is 0 Å². The molecule has 0 fully saturated rings. The Morgan fingerprint density at radius 2 is 2.11 bits per heavy atom.